The molecule has 1 aromatic heterocycles. The molecule has 3 heterocycles. The zero-order valence-electron chi connectivity index (χ0n) is 14.0. The molecule has 2 aromatic rings. The van der Waals surface area contributed by atoms with Gasteiger partial charge >= 0.3 is 0 Å². The molecule has 1 N–H and O–H groups in total. The Morgan fingerprint density at radius 1 is 1.12 bits per heavy atom. The predicted octanol–water partition coefficient (Wildman–Crippen LogP) is 1.50. The van der Waals surface area contributed by atoms with Crippen molar-refractivity contribution in [2.45, 2.75) is 25.1 Å². The molecule has 0 bridgehead atoms. The third kappa shape index (κ3) is 3.30. The molecule has 0 aliphatic carbocycles. The van der Waals surface area contributed by atoms with Crippen LogP contribution in [0.3, 0.4) is 0 Å². The summed E-state index contributed by atoms with van der Waals surface area (Å²) in [5.74, 6) is 0. The van der Waals surface area contributed by atoms with Crippen LogP contribution in [0.1, 0.15) is 12.0 Å². The van der Waals surface area contributed by atoms with Gasteiger partial charge in [0.1, 0.15) is 0 Å². The molecule has 4 rings (SSSR count). The third-order valence-corrected chi connectivity index (χ3v) is 5.28. The Labute approximate surface area is 142 Å². The fraction of sp³-hybridized carbons (Fsp3) is 0.526. The SMILES string of the molecule is O[C@@H]1CN(Cc2ccnc3ccccc23)CC[C@H]1N1CCOCC1. The van der Waals surface area contributed by atoms with Gasteiger partial charge in [0.25, 0.3) is 0 Å². The first kappa shape index (κ1) is 16.0. The number of likely N-dealkylation sites (tertiary alicyclic amines) is 1. The number of pyridine rings is 1. The summed E-state index contributed by atoms with van der Waals surface area (Å²) >= 11 is 0. The number of benzene rings is 1. The third-order valence-electron chi connectivity index (χ3n) is 5.28. The number of hydrogen-bond donors (Lipinski definition) is 1. The Balaban J connectivity index is 1.43. The van der Waals surface area contributed by atoms with E-state index in [0.717, 1.165) is 57.9 Å². The lowest BCUT2D eigenvalue weighted by molar-refractivity contribution is -0.0533. The van der Waals surface area contributed by atoms with E-state index in [2.05, 4.69) is 39.0 Å². The van der Waals surface area contributed by atoms with Gasteiger partial charge in [0.15, 0.2) is 0 Å². The van der Waals surface area contributed by atoms with Gasteiger partial charge in [0.2, 0.25) is 0 Å². The van der Waals surface area contributed by atoms with E-state index in [1.54, 1.807) is 0 Å². The van der Waals surface area contributed by atoms with Crippen molar-refractivity contribution in [1.82, 2.24) is 14.8 Å². The van der Waals surface area contributed by atoms with E-state index in [9.17, 15) is 5.11 Å². The van der Waals surface area contributed by atoms with E-state index >= 15 is 0 Å². The molecule has 2 saturated heterocycles. The fourth-order valence-corrected chi connectivity index (χ4v) is 4.00. The minimum Gasteiger partial charge on any atom is -0.390 e. The van der Waals surface area contributed by atoms with Crippen LogP contribution in [-0.4, -0.2) is 71.4 Å². The fourth-order valence-electron chi connectivity index (χ4n) is 4.00. The molecule has 2 aliphatic rings. The second-order valence-electron chi connectivity index (χ2n) is 6.79. The van der Waals surface area contributed by atoms with E-state index in [1.807, 2.05) is 12.3 Å². The number of β-amino-alcohol motifs (C(OH)–C–C–N with tert-alkyl or cyclic N) is 1. The molecule has 2 aliphatic heterocycles. The summed E-state index contributed by atoms with van der Waals surface area (Å²) in [4.78, 5) is 9.20. The van der Waals surface area contributed by atoms with E-state index in [0.29, 0.717) is 0 Å². The number of ether oxygens (including phenoxy) is 1. The van der Waals surface area contributed by atoms with Crippen molar-refractivity contribution < 1.29 is 9.84 Å². The minimum atomic E-state index is -0.287. The van der Waals surface area contributed by atoms with Crippen molar-refractivity contribution in [2.24, 2.45) is 0 Å². The summed E-state index contributed by atoms with van der Waals surface area (Å²) in [7, 11) is 0. The Hall–Kier alpha value is -1.53. The maximum absolute atomic E-state index is 10.6. The van der Waals surface area contributed by atoms with Crippen molar-refractivity contribution in [1.29, 1.82) is 0 Å². The Morgan fingerprint density at radius 2 is 1.96 bits per heavy atom. The van der Waals surface area contributed by atoms with Crippen molar-refractivity contribution in [3.05, 3.63) is 42.1 Å². The van der Waals surface area contributed by atoms with Crippen LogP contribution in [-0.2, 0) is 11.3 Å². The van der Waals surface area contributed by atoms with Gasteiger partial charge in [-0.3, -0.25) is 14.8 Å². The van der Waals surface area contributed by atoms with Gasteiger partial charge in [-0.2, -0.15) is 0 Å². The van der Waals surface area contributed by atoms with Gasteiger partial charge in [-0.25, -0.2) is 0 Å². The standard InChI is InChI=1S/C19H25N3O2/c23-19-14-21(8-6-18(19)22-9-11-24-12-10-22)13-15-5-7-20-17-4-2-1-3-16(15)17/h1-5,7,18-19,23H,6,8-14H2/t18-,19-/m1/s1. The van der Waals surface area contributed by atoms with Gasteiger partial charge < -0.3 is 9.84 Å². The number of aliphatic hydroxyl groups excluding tert-OH is 1. The summed E-state index contributed by atoms with van der Waals surface area (Å²) in [6, 6.07) is 10.7. The Bertz CT molecular complexity index is 682. The Kier molecular flexibility index (Phi) is 4.76. The van der Waals surface area contributed by atoms with Crippen LogP contribution in [0.25, 0.3) is 10.9 Å². The number of morpholine rings is 1. The zero-order valence-corrected chi connectivity index (χ0v) is 14.0. The summed E-state index contributed by atoms with van der Waals surface area (Å²) < 4.78 is 5.43. The maximum atomic E-state index is 10.6. The Morgan fingerprint density at radius 3 is 2.79 bits per heavy atom. The molecule has 0 unspecified atom stereocenters. The number of hydrogen-bond acceptors (Lipinski definition) is 5. The van der Waals surface area contributed by atoms with Crippen LogP contribution in [0.5, 0.6) is 0 Å². The molecule has 2 fully saturated rings. The highest BCUT2D eigenvalue weighted by molar-refractivity contribution is 5.81. The van der Waals surface area contributed by atoms with E-state index in [4.69, 9.17) is 4.74 Å². The number of para-hydroxylation sites is 1. The number of nitrogens with zero attached hydrogens (tertiary/aromatic N) is 3. The molecule has 0 radical (unpaired) electrons. The first-order chi connectivity index (χ1) is 11.8. The lowest BCUT2D eigenvalue weighted by Crippen LogP contribution is -2.56. The van der Waals surface area contributed by atoms with Gasteiger partial charge in [0, 0.05) is 50.3 Å². The lowest BCUT2D eigenvalue weighted by atomic mass is 9.98. The van der Waals surface area contributed by atoms with Crippen molar-refractivity contribution >= 4 is 10.9 Å². The minimum absolute atomic E-state index is 0.277. The van der Waals surface area contributed by atoms with E-state index in [1.165, 1.54) is 10.9 Å². The zero-order chi connectivity index (χ0) is 16.4. The van der Waals surface area contributed by atoms with Crippen molar-refractivity contribution in [3.8, 4) is 0 Å². The summed E-state index contributed by atoms with van der Waals surface area (Å²) in [5, 5.41) is 11.9. The summed E-state index contributed by atoms with van der Waals surface area (Å²) in [6.07, 6.45) is 2.61. The molecule has 0 saturated carbocycles. The van der Waals surface area contributed by atoms with Gasteiger partial charge in [-0.05, 0) is 24.1 Å². The summed E-state index contributed by atoms with van der Waals surface area (Å²) in [6.45, 7) is 6.09. The van der Waals surface area contributed by atoms with Crippen molar-refractivity contribution in [2.75, 3.05) is 39.4 Å². The highest BCUT2D eigenvalue weighted by Crippen LogP contribution is 2.22. The summed E-state index contributed by atoms with van der Waals surface area (Å²) in [5.41, 5.74) is 2.33. The topological polar surface area (TPSA) is 48.8 Å². The second-order valence-corrected chi connectivity index (χ2v) is 6.79. The smallest absolute Gasteiger partial charge is 0.0822 e. The number of rotatable bonds is 3. The first-order valence-electron chi connectivity index (χ1n) is 8.86. The molecule has 1 aromatic carbocycles. The van der Waals surface area contributed by atoms with Crippen LogP contribution in [0.4, 0.5) is 0 Å². The van der Waals surface area contributed by atoms with Crippen LogP contribution in [0.15, 0.2) is 36.5 Å². The molecule has 5 heteroatoms. The molecule has 0 amide bonds. The largest absolute Gasteiger partial charge is 0.390 e. The van der Waals surface area contributed by atoms with Crippen LogP contribution < -0.4 is 0 Å². The molecule has 24 heavy (non-hydrogen) atoms. The monoisotopic (exact) mass is 327 g/mol. The van der Waals surface area contributed by atoms with Gasteiger partial charge in [-0.1, -0.05) is 18.2 Å². The first-order valence-corrected chi connectivity index (χ1v) is 8.86. The quantitative estimate of drug-likeness (QED) is 0.926. The highest BCUT2D eigenvalue weighted by Gasteiger charge is 2.32. The molecule has 2 atom stereocenters. The maximum Gasteiger partial charge on any atom is 0.0822 e. The molecule has 128 valence electrons. The normalized spacial score (nSPS) is 26.7. The molecular formula is C19H25N3O2. The van der Waals surface area contributed by atoms with Crippen LogP contribution >= 0.6 is 0 Å². The molecular weight excluding hydrogens is 302 g/mol. The van der Waals surface area contributed by atoms with E-state index < -0.39 is 0 Å². The van der Waals surface area contributed by atoms with Crippen molar-refractivity contribution in [3.63, 3.8) is 0 Å². The highest BCUT2D eigenvalue weighted by atomic mass is 16.5. The molecule has 0 spiro atoms. The van der Waals surface area contributed by atoms with Crippen LogP contribution in [0.2, 0.25) is 0 Å². The average Bonchev–Trinajstić information content (AvgIpc) is 2.63. The average molecular weight is 327 g/mol. The molecule has 5 nitrogen and oxygen atoms in total. The lowest BCUT2D eigenvalue weighted by Gasteiger charge is -2.43. The number of fused-ring (bicyclic) bond motifs is 1. The number of aliphatic hydroxyl groups is 1. The van der Waals surface area contributed by atoms with Crippen LogP contribution in [0, 0.1) is 0 Å². The predicted molar refractivity (Wildman–Crippen MR) is 93.8 cm³/mol. The van der Waals surface area contributed by atoms with Gasteiger partial charge in [-0.15, -0.1) is 0 Å². The second kappa shape index (κ2) is 7.15. The van der Waals surface area contributed by atoms with Gasteiger partial charge in [0.05, 0.1) is 24.8 Å². The van der Waals surface area contributed by atoms with E-state index in [-0.39, 0.29) is 12.1 Å². The number of aromatic nitrogens is 1. The number of piperidine rings is 1.